The summed E-state index contributed by atoms with van der Waals surface area (Å²) >= 11 is 0. The SMILES string of the molecule is C=C(NCc1ccc(OCC(C)C)cc1)N(Cc1ccc(F)cc1)[C@H]1C[C@@H]2C[C@H]1N(C)C2. The van der Waals surface area contributed by atoms with E-state index in [0.29, 0.717) is 24.5 Å². The average molecular weight is 438 g/mol. The molecule has 2 aliphatic rings. The van der Waals surface area contributed by atoms with Gasteiger partial charge in [-0.2, -0.15) is 0 Å². The lowest BCUT2D eigenvalue weighted by atomic mass is 10.0. The van der Waals surface area contributed by atoms with Gasteiger partial charge in [0.05, 0.1) is 12.4 Å². The van der Waals surface area contributed by atoms with Gasteiger partial charge < -0.3 is 19.9 Å². The monoisotopic (exact) mass is 437 g/mol. The molecule has 0 radical (unpaired) electrons. The maximum atomic E-state index is 13.4. The van der Waals surface area contributed by atoms with E-state index in [2.05, 4.69) is 54.7 Å². The summed E-state index contributed by atoms with van der Waals surface area (Å²) < 4.78 is 19.2. The first kappa shape index (κ1) is 22.7. The summed E-state index contributed by atoms with van der Waals surface area (Å²) in [6.07, 6.45) is 2.45. The van der Waals surface area contributed by atoms with E-state index in [-0.39, 0.29) is 5.82 Å². The molecule has 2 aromatic carbocycles. The number of nitrogens with one attached hydrogen (secondary N) is 1. The van der Waals surface area contributed by atoms with Gasteiger partial charge >= 0.3 is 0 Å². The molecule has 2 bridgehead atoms. The van der Waals surface area contributed by atoms with Crippen molar-refractivity contribution >= 4 is 0 Å². The third-order valence-corrected chi connectivity index (χ3v) is 6.72. The highest BCUT2D eigenvalue weighted by atomic mass is 19.1. The first-order valence-electron chi connectivity index (χ1n) is 11.7. The molecule has 172 valence electrons. The lowest BCUT2D eigenvalue weighted by molar-refractivity contribution is 0.115. The van der Waals surface area contributed by atoms with Crippen molar-refractivity contribution in [1.82, 2.24) is 15.1 Å². The minimum atomic E-state index is -0.197. The zero-order valence-corrected chi connectivity index (χ0v) is 19.6. The number of rotatable bonds is 10. The minimum Gasteiger partial charge on any atom is -0.493 e. The van der Waals surface area contributed by atoms with Gasteiger partial charge in [0.25, 0.3) is 0 Å². The fourth-order valence-electron chi connectivity index (χ4n) is 5.07. The van der Waals surface area contributed by atoms with Gasteiger partial charge in [0.1, 0.15) is 11.6 Å². The molecule has 0 aromatic heterocycles. The number of hydrogen-bond donors (Lipinski definition) is 1. The third kappa shape index (κ3) is 5.44. The Morgan fingerprint density at radius 1 is 1.12 bits per heavy atom. The van der Waals surface area contributed by atoms with Crippen LogP contribution in [0.1, 0.15) is 37.8 Å². The lowest BCUT2D eigenvalue weighted by Crippen LogP contribution is -2.49. The lowest BCUT2D eigenvalue weighted by Gasteiger charge is -2.41. The number of benzene rings is 2. The molecule has 32 heavy (non-hydrogen) atoms. The van der Waals surface area contributed by atoms with Crippen LogP contribution in [0, 0.1) is 17.7 Å². The predicted octanol–water partition coefficient (Wildman–Crippen LogP) is 5.02. The molecule has 0 spiro atoms. The molecule has 1 N–H and O–H groups in total. The highest BCUT2D eigenvalue weighted by Crippen LogP contribution is 2.40. The van der Waals surface area contributed by atoms with E-state index in [0.717, 1.165) is 36.2 Å². The van der Waals surface area contributed by atoms with E-state index in [4.69, 9.17) is 4.74 Å². The molecule has 1 aliphatic carbocycles. The van der Waals surface area contributed by atoms with Crippen LogP contribution < -0.4 is 10.1 Å². The molecule has 1 saturated carbocycles. The van der Waals surface area contributed by atoms with Crippen LogP contribution in [0.3, 0.4) is 0 Å². The van der Waals surface area contributed by atoms with Crippen molar-refractivity contribution in [2.24, 2.45) is 11.8 Å². The van der Waals surface area contributed by atoms with Crippen LogP contribution in [0.2, 0.25) is 0 Å². The number of ether oxygens (including phenoxy) is 1. The normalized spacial score (nSPS) is 22.3. The molecule has 1 saturated heterocycles. The maximum absolute atomic E-state index is 13.4. The summed E-state index contributed by atoms with van der Waals surface area (Å²) in [7, 11) is 2.23. The Kier molecular flexibility index (Phi) is 7.04. The zero-order chi connectivity index (χ0) is 22.7. The Bertz CT molecular complexity index is 896. The van der Waals surface area contributed by atoms with Crippen LogP contribution in [0.4, 0.5) is 4.39 Å². The fraction of sp³-hybridized carbons (Fsp3) is 0.481. The molecule has 4 nitrogen and oxygen atoms in total. The van der Waals surface area contributed by atoms with Gasteiger partial charge in [-0.15, -0.1) is 0 Å². The van der Waals surface area contributed by atoms with Crippen molar-refractivity contribution in [2.75, 3.05) is 20.2 Å². The van der Waals surface area contributed by atoms with E-state index < -0.39 is 0 Å². The number of fused-ring (bicyclic) bond motifs is 2. The smallest absolute Gasteiger partial charge is 0.123 e. The number of halogens is 1. The van der Waals surface area contributed by atoms with Crippen LogP contribution in [0.5, 0.6) is 5.75 Å². The third-order valence-electron chi connectivity index (χ3n) is 6.72. The molecule has 2 aromatic rings. The van der Waals surface area contributed by atoms with Gasteiger partial charge in [0.2, 0.25) is 0 Å². The van der Waals surface area contributed by atoms with E-state index >= 15 is 0 Å². The van der Waals surface area contributed by atoms with Gasteiger partial charge in [0.15, 0.2) is 0 Å². The molecule has 3 atom stereocenters. The van der Waals surface area contributed by atoms with Crippen LogP contribution in [-0.2, 0) is 13.1 Å². The number of nitrogens with zero attached hydrogens (tertiary/aromatic N) is 2. The van der Waals surface area contributed by atoms with Crippen molar-refractivity contribution in [3.05, 3.63) is 77.9 Å². The molecule has 2 fully saturated rings. The summed E-state index contributed by atoms with van der Waals surface area (Å²) in [4.78, 5) is 4.88. The Labute approximate surface area is 192 Å². The first-order chi connectivity index (χ1) is 15.4. The predicted molar refractivity (Wildman–Crippen MR) is 128 cm³/mol. The van der Waals surface area contributed by atoms with Crippen molar-refractivity contribution < 1.29 is 9.13 Å². The summed E-state index contributed by atoms with van der Waals surface area (Å²) in [5.74, 6) is 2.91. The van der Waals surface area contributed by atoms with Crippen molar-refractivity contribution in [2.45, 2.75) is 51.9 Å². The van der Waals surface area contributed by atoms with Gasteiger partial charge in [0, 0.05) is 31.7 Å². The topological polar surface area (TPSA) is 27.7 Å². The average Bonchev–Trinajstić information content (AvgIpc) is 3.36. The number of piperidine rings is 1. The summed E-state index contributed by atoms with van der Waals surface area (Å²) in [5, 5.41) is 3.55. The summed E-state index contributed by atoms with van der Waals surface area (Å²) in [6, 6.07) is 16.1. The molecular formula is C27H36FN3O. The van der Waals surface area contributed by atoms with Crippen molar-refractivity contribution in [3.8, 4) is 5.75 Å². The number of hydrogen-bond acceptors (Lipinski definition) is 4. The summed E-state index contributed by atoms with van der Waals surface area (Å²) in [5.41, 5.74) is 2.29. The largest absolute Gasteiger partial charge is 0.493 e. The van der Waals surface area contributed by atoms with E-state index in [9.17, 15) is 4.39 Å². The van der Waals surface area contributed by atoms with Gasteiger partial charge in [-0.3, -0.25) is 0 Å². The van der Waals surface area contributed by atoms with Crippen LogP contribution in [0.15, 0.2) is 60.9 Å². The van der Waals surface area contributed by atoms with Crippen molar-refractivity contribution in [3.63, 3.8) is 0 Å². The second kappa shape index (κ2) is 9.95. The molecule has 4 rings (SSSR count). The fourth-order valence-corrected chi connectivity index (χ4v) is 5.07. The maximum Gasteiger partial charge on any atom is 0.123 e. The molecule has 0 unspecified atom stereocenters. The van der Waals surface area contributed by atoms with E-state index in [1.54, 1.807) is 12.1 Å². The quantitative estimate of drug-likeness (QED) is 0.565. The first-order valence-corrected chi connectivity index (χ1v) is 11.7. The van der Waals surface area contributed by atoms with Crippen LogP contribution in [0.25, 0.3) is 0 Å². The second-order valence-corrected chi connectivity index (χ2v) is 9.82. The van der Waals surface area contributed by atoms with E-state index in [1.807, 2.05) is 24.3 Å². The standard InChI is InChI=1S/C27H36FN3O/c1-19(2)18-32-25-11-7-21(8-12-25)15-29-20(3)31(17-22-5-9-24(28)10-6-22)27-14-23-13-26(27)30(4)16-23/h5-12,19,23,26-27,29H,3,13-18H2,1-2,4H3/t23-,26+,27-/m0/s1. The number of likely N-dealkylation sites (N-methyl/N-ethyl adjacent to an activating group) is 1. The summed E-state index contributed by atoms with van der Waals surface area (Å²) in [6.45, 7) is 12.1. The molecule has 1 aliphatic heterocycles. The van der Waals surface area contributed by atoms with Crippen LogP contribution in [-0.4, -0.2) is 42.1 Å². The Hall–Kier alpha value is -2.53. The van der Waals surface area contributed by atoms with Crippen LogP contribution >= 0.6 is 0 Å². The Morgan fingerprint density at radius 3 is 2.44 bits per heavy atom. The van der Waals surface area contributed by atoms with Crippen molar-refractivity contribution in [1.29, 1.82) is 0 Å². The van der Waals surface area contributed by atoms with Gasteiger partial charge in [-0.05, 0) is 67.1 Å². The highest BCUT2D eigenvalue weighted by Gasteiger charge is 2.45. The number of likely N-dealkylation sites (tertiary alicyclic amines) is 1. The minimum absolute atomic E-state index is 0.197. The molecule has 0 amide bonds. The molecule has 1 heterocycles. The molecular weight excluding hydrogens is 401 g/mol. The van der Waals surface area contributed by atoms with E-state index in [1.165, 1.54) is 24.9 Å². The van der Waals surface area contributed by atoms with Gasteiger partial charge in [-0.25, -0.2) is 4.39 Å². The zero-order valence-electron chi connectivity index (χ0n) is 19.6. The highest BCUT2D eigenvalue weighted by molar-refractivity contribution is 5.27. The Balaban J connectivity index is 1.41. The van der Waals surface area contributed by atoms with Gasteiger partial charge in [-0.1, -0.05) is 44.7 Å². The molecule has 5 heteroatoms. The second-order valence-electron chi connectivity index (χ2n) is 9.82. The Morgan fingerprint density at radius 2 is 1.81 bits per heavy atom.